The molecule has 2 aromatic rings. The van der Waals surface area contributed by atoms with Crippen LogP contribution >= 0.6 is 0 Å². The lowest BCUT2D eigenvalue weighted by molar-refractivity contribution is 0.0696. The molecular weight excluding hydrogens is 384 g/mol. The Hall–Kier alpha value is -2.62. The van der Waals surface area contributed by atoms with Crippen molar-refractivity contribution in [2.45, 2.75) is 11.3 Å². The summed E-state index contributed by atoms with van der Waals surface area (Å²) in [6.45, 7) is 0.763. The van der Waals surface area contributed by atoms with E-state index in [1.807, 2.05) is 24.3 Å². The molecule has 0 bridgehead atoms. The SMILES string of the molecule is COCCNS(=O)(=O)c1cc(C(=O)O)ccc1NCCc1ccc(OC)cc1. The first-order chi connectivity index (χ1) is 13.4. The van der Waals surface area contributed by atoms with Gasteiger partial charge >= 0.3 is 5.97 Å². The van der Waals surface area contributed by atoms with Crippen LogP contribution in [-0.2, 0) is 21.2 Å². The largest absolute Gasteiger partial charge is 0.497 e. The van der Waals surface area contributed by atoms with Crippen molar-refractivity contribution >= 4 is 21.7 Å². The van der Waals surface area contributed by atoms with Crippen molar-refractivity contribution in [3.05, 3.63) is 53.6 Å². The Morgan fingerprint density at radius 1 is 1.07 bits per heavy atom. The van der Waals surface area contributed by atoms with Gasteiger partial charge in [-0.15, -0.1) is 0 Å². The summed E-state index contributed by atoms with van der Waals surface area (Å²) in [4.78, 5) is 11.1. The lowest BCUT2D eigenvalue weighted by atomic mass is 10.1. The highest BCUT2D eigenvalue weighted by atomic mass is 32.2. The van der Waals surface area contributed by atoms with Crippen LogP contribution in [0.1, 0.15) is 15.9 Å². The van der Waals surface area contributed by atoms with Crippen LogP contribution in [-0.4, -0.2) is 53.4 Å². The van der Waals surface area contributed by atoms with Crippen molar-refractivity contribution in [2.75, 3.05) is 39.2 Å². The maximum absolute atomic E-state index is 12.6. The van der Waals surface area contributed by atoms with Crippen molar-refractivity contribution in [3.8, 4) is 5.75 Å². The van der Waals surface area contributed by atoms with Gasteiger partial charge in [-0.2, -0.15) is 0 Å². The summed E-state index contributed by atoms with van der Waals surface area (Å²) in [6, 6.07) is 11.5. The fourth-order valence-corrected chi connectivity index (χ4v) is 3.73. The van der Waals surface area contributed by atoms with Crippen LogP contribution in [0.3, 0.4) is 0 Å². The van der Waals surface area contributed by atoms with E-state index in [0.717, 1.165) is 17.4 Å². The van der Waals surface area contributed by atoms with Gasteiger partial charge in [0.25, 0.3) is 0 Å². The van der Waals surface area contributed by atoms with Crippen LogP contribution in [0.5, 0.6) is 5.75 Å². The zero-order valence-electron chi connectivity index (χ0n) is 15.8. The van der Waals surface area contributed by atoms with Gasteiger partial charge in [-0.05, 0) is 42.3 Å². The number of rotatable bonds is 11. The van der Waals surface area contributed by atoms with Crippen molar-refractivity contribution in [1.29, 1.82) is 0 Å². The van der Waals surface area contributed by atoms with Gasteiger partial charge in [-0.3, -0.25) is 0 Å². The molecule has 0 spiro atoms. The molecule has 152 valence electrons. The fraction of sp³-hybridized carbons (Fsp3) is 0.316. The molecule has 0 aliphatic rings. The van der Waals surface area contributed by atoms with E-state index < -0.39 is 16.0 Å². The average molecular weight is 408 g/mol. The number of carboxylic acid groups (broad SMARTS) is 1. The number of methoxy groups -OCH3 is 2. The van der Waals surface area contributed by atoms with E-state index in [1.54, 1.807) is 7.11 Å². The number of nitrogens with one attached hydrogen (secondary N) is 2. The van der Waals surface area contributed by atoms with E-state index in [2.05, 4.69) is 10.0 Å². The van der Waals surface area contributed by atoms with Crippen LogP contribution < -0.4 is 14.8 Å². The second-order valence-electron chi connectivity index (χ2n) is 5.93. The van der Waals surface area contributed by atoms with E-state index in [0.29, 0.717) is 18.7 Å². The molecule has 0 aromatic heterocycles. The molecule has 2 rings (SSSR count). The minimum Gasteiger partial charge on any atom is -0.497 e. The first kappa shape index (κ1) is 21.7. The highest BCUT2D eigenvalue weighted by Crippen LogP contribution is 2.23. The van der Waals surface area contributed by atoms with E-state index in [4.69, 9.17) is 9.47 Å². The van der Waals surface area contributed by atoms with Gasteiger partial charge in [0.15, 0.2) is 0 Å². The number of carbonyl (C=O) groups is 1. The topological polar surface area (TPSA) is 114 Å². The Bertz CT molecular complexity index is 897. The lowest BCUT2D eigenvalue weighted by Gasteiger charge is -2.14. The number of benzene rings is 2. The zero-order chi connectivity index (χ0) is 20.6. The predicted molar refractivity (Wildman–Crippen MR) is 106 cm³/mol. The molecule has 2 aromatic carbocycles. The molecule has 0 heterocycles. The molecule has 0 atom stereocenters. The molecule has 0 unspecified atom stereocenters. The Labute approximate surface area is 164 Å². The predicted octanol–water partition coefficient (Wildman–Crippen LogP) is 1.97. The molecule has 0 saturated carbocycles. The molecule has 0 amide bonds. The molecule has 0 fully saturated rings. The summed E-state index contributed by atoms with van der Waals surface area (Å²) in [6.07, 6.45) is 0.654. The Kier molecular flexibility index (Phi) is 7.80. The van der Waals surface area contributed by atoms with Gasteiger partial charge in [0, 0.05) is 20.2 Å². The van der Waals surface area contributed by atoms with E-state index in [1.165, 1.54) is 19.2 Å². The number of aromatic carboxylic acids is 1. The minimum atomic E-state index is -3.90. The van der Waals surface area contributed by atoms with E-state index in [9.17, 15) is 18.3 Å². The number of sulfonamides is 1. The molecule has 0 aliphatic heterocycles. The number of hydrogen-bond donors (Lipinski definition) is 3. The summed E-state index contributed by atoms with van der Waals surface area (Å²) in [5.74, 6) is -0.436. The summed E-state index contributed by atoms with van der Waals surface area (Å²) in [5.41, 5.74) is 1.29. The first-order valence-corrected chi connectivity index (χ1v) is 10.1. The third-order valence-corrected chi connectivity index (χ3v) is 5.51. The summed E-state index contributed by atoms with van der Waals surface area (Å²) in [7, 11) is -0.835. The normalized spacial score (nSPS) is 11.2. The molecular formula is C19H24N2O6S. The highest BCUT2D eigenvalue weighted by molar-refractivity contribution is 7.89. The van der Waals surface area contributed by atoms with Gasteiger partial charge < -0.3 is 19.9 Å². The van der Waals surface area contributed by atoms with Gasteiger partial charge in [0.05, 0.1) is 25.0 Å². The number of hydrogen-bond acceptors (Lipinski definition) is 6. The zero-order valence-corrected chi connectivity index (χ0v) is 16.6. The van der Waals surface area contributed by atoms with Crippen LogP contribution in [0.15, 0.2) is 47.4 Å². The van der Waals surface area contributed by atoms with Crippen molar-refractivity contribution in [3.63, 3.8) is 0 Å². The van der Waals surface area contributed by atoms with Crippen LogP contribution in [0.2, 0.25) is 0 Å². The standard InChI is InChI=1S/C19H24N2O6S/c1-26-12-11-21-28(24,25)18-13-15(19(22)23)5-8-17(18)20-10-9-14-3-6-16(27-2)7-4-14/h3-8,13,20-21H,9-12H2,1-2H3,(H,22,23). The Balaban J connectivity index is 2.16. The first-order valence-electron chi connectivity index (χ1n) is 8.60. The quantitative estimate of drug-likeness (QED) is 0.487. The van der Waals surface area contributed by atoms with Crippen LogP contribution in [0.25, 0.3) is 0 Å². The second-order valence-corrected chi connectivity index (χ2v) is 7.67. The fourth-order valence-electron chi connectivity index (χ4n) is 2.51. The molecule has 9 heteroatoms. The number of anilines is 1. The minimum absolute atomic E-state index is 0.0847. The van der Waals surface area contributed by atoms with Crippen LogP contribution in [0, 0.1) is 0 Å². The van der Waals surface area contributed by atoms with E-state index in [-0.39, 0.29) is 23.6 Å². The van der Waals surface area contributed by atoms with Gasteiger partial charge in [-0.25, -0.2) is 17.9 Å². The summed E-state index contributed by atoms with van der Waals surface area (Å²) in [5, 5.41) is 12.3. The van der Waals surface area contributed by atoms with Gasteiger partial charge in [0.1, 0.15) is 10.6 Å². The second kappa shape index (κ2) is 10.1. The van der Waals surface area contributed by atoms with Crippen molar-refractivity contribution in [1.82, 2.24) is 4.72 Å². The molecule has 3 N–H and O–H groups in total. The number of carboxylic acids is 1. The van der Waals surface area contributed by atoms with Crippen LogP contribution in [0.4, 0.5) is 5.69 Å². The Morgan fingerprint density at radius 2 is 1.79 bits per heavy atom. The van der Waals surface area contributed by atoms with Crippen molar-refractivity contribution in [2.24, 2.45) is 0 Å². The summed E-state index contributed by atoms with van der Waals surface area (Å²) < 4.78 is 37.6. The molecule has 0 aliphatic carbocycles. The Morgan fingerprint density at radius 3 is 2.39 bits per heavy atom. The molecule has 0 saturated heterocycles. The molecule has 0 radical (unpaired) electrons. The molecule has 8 nitrogen and oxygen atoms in total. The smallest absolute Gasteiger partial charge is 0.335 e. The van der Waals surface area contributed by atoms with Gasteiger partial charge in [0.2, 0.25) is 10.0 Å². The van der Waals surface area contributed by atoms with Gasteiger partial charge in [-0.1, -0.05) is 12.1 Å². The monoisotopic (exact) mass is 408 g/mol. The molecule has 28 heavy (non-hydrogen) atoms. The summed E-state index contributed by atoms with van der Waals surface area (Å²) >= 11 is 0. The maximum Gasteiger partial charge on any atom is 0.335 e. The van der Waals surface area contributed by atoms with Crippen molar-refractivity contribution < 1.29 is 27.8 Å². The third kappa shape index (κ3) is 5.95. The third-order valence-electron chi connectivity index (χ3n) is 4.00. The highest BCUT2D eigenvalue weighted by Gasteiger charge is 2.20. The lowest BCUT2D eigenvalue weighted by Crippen LogP contribution is -2.28. The average Bonchev–Trinajstić information content (AvgIpc) is 2.68. The number of ether oxygens (including phenoxy) is 2. The maximum atomic E-state index is 12.6. The van der Waals surface area contributed by atoms with E-state index >= 15 is 0 Å².